The summed E-state index contributed by atoms with van der Waals surface area (Å²) in [5.74, 6) is -0.0927. The Morgan fingerprint density at radius 2 is 2.33 bits per heavy atom. The van der Waals surface area contributed by atoms with Gasteiger partial charge in [-0.25, -0.2) is 0 Å². The summed E-state index contributed by atoms with van der Waals surface area (Å²) in [6, 6.07) is 0.348. The van der Waals surface area contributed by atoms with Crippen molar-refractivity contribution in [1.29, 1.82) is 0 Å². The van der Waals surface area contributed by atoms with E-state index in [0.29, 0.717) is 11.7 Å². The average molecular weight is 291 g/mol. The third kappa shape index (κ3) is 3.41. The molecule has 1 aromatic heterocycles. The number of aromatic nitrogens is 2. The average Bonchev–Trinajstić information content (AvgIpc) is 2.94. The van der Waals surface area contributed by atoms with Crippen LogP contribution in [0.1, 0.15) is 32.6 Å². The highest BCUT2D eigenvalue weighted by Gasteiger charge is 2.36. The molecule has 1 unspecified atom stereocenters. The quantitative estimate of drug-likeness (QED) is 0.725. The van der Waals surface area contributed by atoms with Gasteiger partial charge in [-0.05, 0) is 39.2 Å². The van der Waals surface area contributed by atoms with E-state index in [1.807, 2.05) is 6.92 Å². The molecule has 114 valence electrons. The molecular weight excluding hydrogens is 270 g/mol. The molecule has 1 aliphatic carbocycles. The lowest BCUT2D eigenvalue weighted by atomic mass is 9.99. The minimum absolute atomic E-state index is 0.0390. The van der Waals surface area contributed by atoms with Crippen molar-refractivity contribution in [1.82, 2.24) is 20.4 Å². The third-order valence-corrected chi connectivity index (χ3v) is 4.01. The summed E-state index contributed by atoms with van der Waals surface area (Å²) < 4.78 is 1.54. The molecule has 0 radical (unpaired) electrons. The first-order chi connectivity index (χ1) is 10.0. The molecule has 1 atom stereocenters. The zero-order valence-corrected chi connectivity index (χ0v) is 12.2. The smallest absolute Gasteiger partial charge is 0.244 e. The summed E-state index contributed by atoms with van der Waals surface area (Å²) in [6.45, 7) is 2.95. The first-order valence-corrected chi connectivity index (χ1v) is 7.43. The molecule has 0 bridgehead atoms. The van der Waals surface area contributed by atoms with Gasteiger partial charge in [0, 0.05) is 12.2 Å². The Morgan fingerprint density at radius 3 is 3.00 bits per heavy atom. The van der Waals surface area contributed by atoms with Crippen molar-refractivity contribution in [2.24, 2.45) is 0 Å². The standard InChI is InChI=1S/C14H21N5O2/c1-14(5-2-6-15-14)13(21)18-11-7-16-19(8-11)9-12(20)17-10-3-4-10/h7-8,10,15H,2-6,9H2,1H3,(H,17,20)(H,18,21). The van der Waals surface area contributed by atoms with Gasteiger partial charge in [0.2, 0.25) is 11.8 Å². The van der Waals surface area contributed by atoms with Crippen LogP contribution in [0.5, 0.6) is 0 Å². The molecule has 1 aromatic rings. The molecule has 1 saturated carbocycles. The molecule has 1 saturated heterocycles. The predicted octanol–water partition coefficient (Wildman–Crippen LogP) is 0.242. The highest BCUT2D eigenvalue weighted by Crippen LogP contribution is 2.21. The van der Waals surface area contributed by atoms with Crippen molar-refractivity contribution in [2.45, 2.75) is 50.7 Å². The lowest BCUT2D eigenvalue weighted by Gasteiger charge is -2.22. The number of hydrogen-bond donors (Lipinski definition) is 3. The summed E-state index contributed by atoms with van der Waals surface area (Å²) >= 11 is 0. The Kier molecular flexibility index (Phi) is 3.67. The normalized spacial score (nSPS) is 24.8. The van der Waals surface area contributed by atoms with Gasteiger partial charge in [0.05, 0.1) is 17.4 Å². The number of hydrogen-bond acceptors (Lipinski definition) is 4. The molecule has 7 nitrogen and oxygen atoms in total. The van der Waals surface area contributed by atoms with E-state index in [-0.39, 0.29) is 18.4 Å². The highest BCUT2D eigenvalue weighted by molar-refractivity contribution is 5.97. The zero-order chi connectivity index (χ0) is 14.9. The second-order valence-corrected chi connectivity index (χ2v) is 6.08. The second kappa shape index (κ2) is 5.48. The predicted molar refractivity (Wildman–Crippen MR) is 77.7 cm³/mol. The molecule has 0 aromatic carbocycles. The molecule has 2 fully saturated rings. The molecule has 0 spiro atoms. The van der Waals surface area contributed by atoms with E-state index in [1.165, 1.54) is 4.68 Å². The SMILES string of the molecule is CC1(C(=O)Nc2cnn(CC(=O)NC3CC3)c2)CCCN1. The van der Waals surface area contributed by atoms with Crippen molar-refractivity contribution < 1.29 is 9.59 Å². The van der Waals surface area contributed by atoms with Gasteiger partial charge in [-0.15, -0.1) is 0 Å². The summed E-state index contributed by atoms with van der Waals surface area (Å²) in [7, 11) is 0. The largest absolute Gasteiger partial charge is 0.352 e. The maximum Gasteiger partial charge on any atom is 0.244 e. The Bertz CT molecular complexity index is 543. The van der Waals surface area contributed by atoms with Crippen LogP contribution in [0.2, 0.25) is 0 Å². The minimum atomic E-state index is -0.508. The van der Waals surface area contributed by atoms with E-state index >= 15 is 0 Å². The highest BCUT2D eigenvalue weighted by atomic mass is 16.2. The number of nitrogens with zero attached hydrogens (tertiary/aromatic N) is 2. The molecule has 1 aliphatic heterocycles. The first kappa shape index (κ1) is 14.1. The fraction of sp³-hybridized carbons (Fsp3) is 0.643. The van der Waals surface area contributed by atoms with Gasteiger partial charge in [0.1, 0.15) is 6.54 Å². The number of anilines is 1. The van der Waals surface area contributed by atoms with E-state index < -0.39 is 5.54 Å². The topological polar surface area (TPSA) is 88.0 Å². The lowest BCUT2D eigenvalue weighted by molar-refractivity contribution is -0.122. The van der Waals surface area contributed by atoms with Gasteiger partial charge >= 0.3 is 0 Å². The van der Waals surface area contributed by atoms with E-state index in [9.17, 15) is 9.59 Å². The van der Waals surface area contributed by atoms with Crippen LogP contribution in [0.4, 0.5) is 5.69 Å². The Morgan fingerprint density at radius 1 is 1.52 bits per heavy atom. The molecule has 21 heavy (non-hydrogen) atoms. The van der Waals surface area contributed by atoms with E-state index in [0.717, 1.165) is 32.2 Å². The maximum absolute atomic E-state index is 12.2. The van der Waals surface area contributed by atoms with Crippen LogP contribution in [0, 0.1) is 0 Å². The molecule has 2 heterocycles. The van der Waals surface area contributed by atoms with Crippen LogP contribution >= 0.6 is 0 Å². The molecule has 2 aliphatic rings. The van der Waals surface area contributed by atoms with Crippen LogP contribution in [0.3, 0.4) is 0 Å². The van der Waals surface area contributed by atoms with Crippen molar-refractivity contribution in [3.63, 3.8) is 0 Å². The van der Waals surface area contributed by atoms with Gasteiger partial charge in [0.25, 0.3) is 0 Å². The molecule has 2 amide bonds. The van der Waals surface area contributed by atoms with Crippen LogP contribution in [0.25, 0.3) is 0 Å². The van der Waals surface area contributed by atoms with Gasteiger partial charge in [-0.2, -0.15) is 5.10 Å². The van der Waals surface area contributed by atoms with E-state index in [4.69, 9.17) is 0 Å². The molecular formula is C14H21N5O2. The zero-order valence-electron chi connectivity index (χ0n) is 12.2. The van der Waals surface area contributed by atoms with Crippen molar-refractivity contribution in [3.8, 4) is 0 Å². The van der Waals surface area contributed by atoms with Crippen LogP contribution < -0.4 is 16.0 Å². The number of carbonyl (C=O) groups is 2. The summed E-state index contributed by atoms with van der Waals surface area (Å²) in [6.07, 6.45) is 7.22. The van der Waals surface area contributed by atoms with Gasteiger partial charge in [0.15, 0.2) is 0 Å². The monoisotopic (exact) mass is 291 g/mol. The number of carbonyl (C=O) groups excluding carboxylic acids is 2. The van der Waals surface area contributed by atoms with Gasteiger partial charge in [-0.1, -0.05) is 0 Å². The number of rotatable bonds is 5. The summed E-state index contributed by atoms with van der Waals surface area (Å²) in [5, 5.41) is 13.1. The first-order valence-electron chi connectivity index (χ1n) is 7.43. The second-order valence-electron chi connectivity index (χ2n) is 6.08. The molecule has 3 rings (SSSR count). The molecule has 3 N–H and O–H groups in total. The third-order valence-electron chi connectivity index (χ3n) is 4.01. The lowest BCUT2D eigenvalue weighted by Crippen LogP contribution is -2.47. The fourth-order valence-electron chi connectivity index (χ4n) is 2.52. The fourth-order valence-corrected chi connectivity index (χ4v) is 2.52. The van der Waals surface area contributed by atoms with Crippen molar-refractivity contribution in [2.75, 3.05) is 11.9 Å². The van der Waals surface area contributed by atoms with Crippen molar-refractivity contribution in [3.05, 3.63) is 12.4 Å². The summed E-state index contributed by atoms with van der Waals surface area (Å²) in [4.78, 5) is 23.9. The number of nitrogens with one attached hydrogen (secondary N) is 3. The minimum Gasteiger partial charge on any atom is -0.352 e. The van der Waals surface area contributed by atoms with Crippen molar-refractivity contribution >= 4 is 17.5 Å². The Hall–Kier alpha value is -1.89. The van der Waals surface area contributed by atoms with E-state index in [2.05, 4.69) is 21.0 Å². The summed E-state index contributed by atoms with van der Waals surface area (Å²) in [5.41, 5.74) is 0.111. The Labute approximate surface area is 123 Å². The maximum atomic E-state index is 12.2. The van der Waals surface area contributed by atoms with Gasteiger partial charge in [-0.3, -0.25) is 14.3 Å². The Balaban J connectivity index is 1.54. The number of amides is 2. The van der Waals surface area contributed by atoms with Crippen LogP contribution in [0.15, 0.2) is 12.4 Å². The molecule has 7 heteroatoms. The van der Waals surface area contributed by atoms with E-state index in [1.54, 1.807) is 12.4 Å². The van der Waals surface area contributed by atoms with Crippen LogP contribution in [-0.2, 0) is 16.1 Å². The van der Waals surface area contributed by atoms with Crippen LogP contribution in [-0.4, -0.2) is 39.7 Å². The van der Waals surface area contributed by atoms with Gasteiger partial charge < -0.3 is 16.0 Å².